The van der Waals surface area contributed by atoms with Gasteiger partial charge in [-0.25, -0.2) is 10.1 Å². The first-order valence-corrected chi connectivity index (χ1v) is 12.0. The highest BCUT2D eigenvalue weighted by molar-refractivity contribution is 5.76. The van der Waals surface area contributed by atoms with Crippen molar-refractivity contribution >= 4 is 17.4 Å². The van der Waals surface area contributed by atoms with Gasteiger partial charge >= 0.3 is 12.4 Å². The summed E-state index contributed by atoms with van der Waals surface area (Å²) in [6, 6.07) is 0.122. The van der Waals surface area contributed by atoms with Crippen molar-refractivity contribution in [3.8, 4) is 0 Å². The molecule has 2 aromatic heterocycles. The maximum Gasteiger partial charge on any atom is 0.423 e. The number of nitrogens with one attached hydrogen (secondary N) is 2. The number of carbonyl (C=O) groups is 1. The van der Waals surface area contributed by atoms with E-state index in [1.807, 2.05) is 4.90 Å². The summed E-state index contributed by atoms with van der Waals surface area (Å²) in [4.78, 5) is 31.8. The van der Waals surface area contributed by atoms with Crippen LogP contribution in [-0.4, -0.2) is 77.5 Å². The molecule has 4 heterocycles. The van der Waals surface area contributed by atoms with Crippen LogP contribution in [0.15, 0.2) is 23.3 Å². The molecule has 2 atom stereocenters. The number of hydrogen-bond donors (Lipinski definition) is 2. The van der Waals surface area contributed by atoms with Gasteiger partial charge in [-0.2, -0.15) is 31.4 Å². The number of aromatic nitrogens is 3. The summed E-state index contributed by atoms with van der Waals surface area (Å²) < 4.78 is 89.8. The van der Waals surface area contributed by atoms with Gasteiger partial charge in [-0.05, 0) is 13.0 Å². The molecule has 0 aromatic carbocycles. The Labute approximate surface area is 218 Å². The fraction of sp³-hybridized carbons (Fsp3) is 0.565. The summed E-state index contributed by atoms with van der Waals surface area (Å²) in [5.41, 5.74) is -3.75. The number of hydrogen-bond acceptors (Lipinski definition) is 8. The van der Waals surface area contributed by atoms with Gasteiger partial charge in [0, 0.05) is 37.4 Å². The highest BCUT2D eigenvalue weighted by Gasteiger charge is 2.38. The Bertz CT molecular complexity index is 1240. The maximum absolute atomic E-state index is 13.2. The average molecular weight is 564 g/mol. The molecule has 39 heavy (non-hydrogen) atoms. The zero-order valence-electron chi connectivity index (χ0n) is 20.7. The number of halogens is 6. The predicted octanol–water partition coefficient (Wildman–Crippen LogP) is 2.66. The monoisotopic (exact) mass is 564 g/mol. The number of rotatable bonds is 7. The van der Waals surface area contributed by atoms with Crippen LogP contribution in [0.2, 0.25) is 0 Å². The maximum atomic E-state index is 13.2. The molecule has 2 N–H and O–H groups in total. The second-order valence-corrected chi connectivity index (χ2v) is 9.26. The molecule has 0 radical (unpaired) electrons. The molecular weight excluding hydrogens is 538 g/mol. The fourth-order valence-corrected chi connectivity index (χ4v) is 4.51. The van der Waals surface area contributed by atoms with E-state index in [0.717, 1.165) is 18.5 Å². The average Bonchev–Trinajstić information content (AvgIpc) is 3.03. The Morgan fingerprint density at radius 2 is 2.00 bits per heavy atom. The molecule has 0 saturated carbocycles. The van der Waals surface area contributed by atoms with E-state index < -0.39 is 40.8 Å². The van der Waals surface area contributed by atoms with Gasteiger partial charge < -0.3 is 24.6 Å². The molecule has 2 aromatic rings. The van der Waals surface area contributed by atoms with Crippen molar-refractivity contribution in [3.05, 3.63) is 45.5 Å². The van der Waals surface area contributed by atoms with Crippen LogP contribution in [0.1, 0.15) is 30.0 Å². The zero-order chi connectivity index (χ0) is 28.4. The topological polar surface area (TPSA) is 113 Å². The quantitative estimate of drug-likeness (QED) is 0.390. The Morgan fingerprint density at radius 3 is 2.72 bits per heavy atom. The lowest BCUT2D eigenvalue weighted by Crippen LogP contribution is -2.56. The smallest absolute Gasteiger partial charge is 0.379 e. The van der Waals surface area contributed by atoms with Crippen LogP contribution in [0.5, 0.6) is 0 Å². The van der Waals surface area contributed by atoms with Crippen LogP contribution in [0.4, 0.5) is 37.8 Å². The molecule has 1 fully saturated rings. The summed E-state index contributed by atoms with van der Waals surface area (Å²) in [7, 11) is 0. The fourth-order valence-electron chi connectivity index (χ4n) is 4.51. The number of ether oxygens (including phenoxy) is 2. The lowest BCUT2D eigenvalue weighted by atomic mass is 10.1. The lowest BCUT2D eigenvalue weighted by molar-refractivity contribution is -0.138. The molecule has 1 unspecified atom stereocenters. The van der Waals surface area contributed by atoms with Gasteiger partial charge in [0.25, 0.3) is 5.56 Å². The molecule has 0 bridgehead atoms. The molecule has 4 rings (SSSR count). The third-order valence-corrected chi connectivity index (χ3v) is 6.32. The standard InChI is InChI=1S/C23H26F6N6O4/c1-13(32-17-8-31-33-21(37)19(17)23(27,28)29)10-38-5-2-18(36)34-3-4-35-16(9-34)12-39-11-14-6-15(22(24,25)26)7-30-20(14)35/h6-8,13,16H,2-5,9-12H2,1H3,(H2,32,33,37)/t13-,16?/m0/s1. The van der Waals surface area contributed by atoms with E-state index >= 15 is 0 Å². The summed E-state index contributed by atoms with van der Waals surface area (Å²) in [5.74, 6) is 0.199. The molecule has 2 aliphatic heterocycles. The normalized spacial score (nSPS) is 18.7. The number of H-pyrrole nitrogens is 1. The summed E-state index contributed by atoms with van der Waals surface area (Å²) in [6.07, 6.45) is -7.71. The Balaban J connectivity index is 1.26. The minimum atomic E-state index is -4.87. The van der Waals surface area contributed by atoms with E-state index in [1.54, 1.807) is 16.9 Å². The van der Waals surface area contributed by atoms with Gasteiger partial charge in [0.15, 0.2) is 0 Å². The van der Waals surface area contributed by atoms with Crippen molar-refractivity contribution in [3.63, 3.8) is 0 Å². The van der Waals surface area contributed by atoms with E-state index in [4.69, 9.17) is 9.47 Å². The van der Waals surface area contributed by atoms with E-state index in [9.17, 15) is 35.9 Å². The third kappa shape index (κ3) is 6.79. The molecule has 16 heteroatoms. The Kier molecular flexibility index (Phi) is 8.34. The summed E-state index contributed by atoms with van der Waals surface area (Å²) >= 11 is 0. The van der Waals surface area contributed by atoms with Crippen LogP contribution in [0, 0.1) is 0 Å². The lowest BCUT2D eigenvalue weighted by Gasteiger charge is -2.41. The van der Waals surface area contributed by atoms with Gasteiger partial charge in [-0.15, -0.1) is 0 Å². The first-order chi connectivity index (χ1) is 18.3. The third-order valence-electron chi connectivity index (χ3n) is 6.32. The zero-order valence-corrected chi connectivity index (χ0v) is 20.7. The SMILES string of the molecule is C[C@@H](COCCC(=O)N1CCN2c3ncc(C(F)(F)F)cc3COCC2C1)Nc1cn[nH]c(=O)c1C(F)(F)F. The van der Waals surface area contributed by atoms with Gasteiger partial charge in [0.2, 0.25) is 5.91 Å². The first-order valence-electron chi connectivity index (χ1n) is 12.0. The second-order valence-electron chi connectivity index (χ2n) is 9.26. The van der Waals surface area contributed by atoms with Crippen molar-refractivity contribution in [2.75, 3.05) is 49.7 Å². The number of fused-ring (bicyclic) bond motifs is 3. The van der Waals surface area contributed by atoms with E-state index in [1.165, 1.54) is 0 Å². The number of piperazine rings is 1. The highest BCUT2D eigenvalue weighted by Crippen LogP contribution is 2.34. The minimum Gasteiger partial charge on any atom is -0.379 e. The molecule has 2 aliphatic rings. The molecule has 1 saturated heterocycles. The number of pyridine rings is 1. The molecule has 0 spiro atoms. The number of carbonyl (C=O) groups excluding carboxylic acids is 1. The van der Waals surface area contributed by atoms with Crippen LogP contribution in [0.25, 0.3) is 0 Å². The van der Waals surface area contributed by atoms with Crippen molar-refractivity contribution in [2.24, 2.45) is 0 Å². The molecular formula is C23H26F6N6O4. The van der Waals surface area contributed by atoms with Crippen molar-refractivity contribution in [2.45, 2.75) is 44.4 Å². The van der Waals surface area contributed by atoms with Crippen LogP contribution < -0.4 is 15.8 Å². The van der Waals surface area contributed by atoms with E-state index in [0.29, 0.717) is 24.5 Å². The van der Waals surface area contributed by atoms with Crippen molar-refractivity contribution in [1.29, 1.82) is 0 Å². The number of alkyl halides is 6. The van der Waals surface area contributed by atoms with Crippen molar-refractivity contribution in [1.82, 2.24) is 20.1 Å². The number of aromatic amines is 1. The number of nitrogens with zero attached hydrogens (tertiary/aromatic N) is 4. The minimum absolute atomic E-state index is 0.0105. The van der Waals surface area contributed by atoms with E-state index in [2.05, 4.69) is 15.4 Å². The predicted molar refractivity (Wildman–Crippen MR) is 125 cm³/mol. The van der Waals surface area contributed by atoms with Gasteiger partial charge in [0.05, 0.1) is 56.3 Å². The Hall–Kier alpha value is -3.40. The van der Waals surface area contributed by atoms with Crippen LogP contribution in [-0.2, 0) is 33.2 Å². The molecule has 214 valence electrons. The number of anilines is 2. The van der Waals surface area contributed by atoms with Crippen LogP contribution in [0.3, 0.4) is 0 Å². The molecule has 1 amide bonds. The van der Waals surface area contributed by atoms with Gasteiger partial charge in [0.1, 0.15) is 11.4 Å². The second kappa shape index (κ2) is 11.4. The van der Waals surface area contributed by atoms with Gasteiger partial charge in [-0.3, -0.25) is 9.59 Å². The molecule has 0 aliphatic carbocycles. The largest absolute Gasteiger partial charge is 0.423 e. The summed E-state index contributed by atoms with van der Waals surface area (Å²) in [6.45, 7) is 2.68. The summed E-state index contributed by atoms with van der Waals surface area (Å²) in [5, 5.41) is 7.70. The van der Waals surface area contributed by atoms with Gasteiger partial charge in [-0.1, -0.05) is 0 Å². The highest BCUT2D eigenvalue weighted by atomic mass is 19.4. The van der Waals surface area contributed by atoms with E-state index in [-0.39, 0.29) is 51.3 Å². The Morgan fingerprint density at radius 1 is 1.23 bits per heavy atom. The van der Waals surface area contributed by atoms with Crippen LogP contribution >= 0.6 is 0 Å². The van der Waals surface area contributed by atoms with Crippen molar-refractivity contribution < 1.29 is 40.6 Å². The molecule has 10 nitrogen and oxygen atoms in total. The number of amides is 1. The first kappa shape index (κ1) is 28.6.